The molecule has 1 saturated heterocycles. The fourth-order valence-corrected chi connectivity index (χ4v) is 5.58. The first-order valence-electron chi connectivity index (χ1n) is 14.4. The van der Waals surface area contributed by atoms with Gasteiger partial charge in [0.15, 0.2) is 0 Å². The Labute approximate surface area is 247 Å². The largest absolute Gasteiger partial charge is 0.495 e. The van der Waals surface area contributed by atoms with Crippen molar-refractivity contribution in [3.8, 4) is 11.6 Å². The molecule has 2 aromatic rings. The number of amides is 2. The highest BCUT2D eigenvalue weighted by molar-refractivity contribution is 6.01. The standard InChI is InChI=1S/C30H35F3N6O4/c1-4-12-39-13-10-20(11-14-39)35-26(40)18-8-9-22(24(15-18)42-3)36-29-34-16-21(30(31,32)33)27(37-29)43-23-7-5-6-19-17-38(2)28(41)25(19)23/h7-9,15-16,20H,4-6,10-14,17H2,1-3H3,(H,35,40)(H,34,36,37). The van der Waals surface area contributed by atoms with Gasteiger partial charge in [0, 0.05) is 44.5 Å². The number of allylic oxidation sites excluding steroid dienone is 1. The monoisotopic (exact) mass is 600 g/mol. The highest BCUT2D eigenvalue weighted by Gasteiger charge is 2.39. The molecule has 10 nitrogen and oxygen atoms in total. The molecule has 3 heterocycles. The molecule has 2 N–H and O–H groups in total. The molecular formula is C30H35F3N6O4. The molecule has 1 fully saturated rings. The number of methoxy groups -OCH3 is 1. The number of hydrogen-bond donors (Lipinski definition) is 2. The fourth-order valence-electron chi connectivity index (χ4n) is 5.58. The molecule has 5 rings (SSSR count). The Morgan fingerprint density at radius 3 is 2.67 bits per heavy atom. The molecule has 0 saturated carbocycles. The summed E-state index contributed by atoms with van der Waals surface area (Å²) < 4.78 is 52.8. The lowest BCUT2D eigenvalue weighted by Crippen LogP contribution is -2.44. The zero-order valence-corrected chi connectivity index (χ0v) is 24.4. The van der Waals surface area contributed by atoms with Crippen LogP contribution in [-0.4, -0.2) is 78.0 Å². The maximum atomic E-state index is 13.9. The van der Waals surface area contributed by atoms with Crippen molar-refractivity contribution in [1.82, 2.24) is 25.1 Å². The second-order valence-electron chi connectivity index (χ2n) is 10.9. The number of benzene rings is 1. The van der Waals surface area contributed by atoms with E-state index in [0.29, 0.717) is 36.8 Å². The van der Waals surface area contributed by atoms with E-state index in [4.69, 9.17) is 9.47 Å². The average molecular weight is 601 g/mol. The zero-order chi connectivity index (χ0) is 30.7. The third-order valence-electron chi connectivity index (χ3n) is 7.80. The summed E-state index contributed by atoms with van der Waals surface area (Å²) in [6.07, 6.45) is 1.44. The molecule has 0 unspecified atom stereocenters. The minimum atomic E-state index is -4.80. The number of alkyl halides is 3. The summed E-state index contributed by atoms with van der Waals surface area (Å²) in [7, 11) is 3.05. The van der Waals surface area contributed by atoms with Gasteiger partial charge in [0.2, 0.25) is 11.8 Å². The summed E-state index contributed by atoms with van der Waals surface area (Å²) in [5.74, 6) is -1.12. The Balaban J connectivity index is 1.33. The van der Waals surface area contributed by atoms with Crippen molar-refractivity contribution in [2.24, 2.45) is 0 Å². The van der Waals surface area contributed by atoms with Gasteiger partial charge in [-0.2, -0.15) is 18.2 Å². The van der Waals surface area contributed by atoms with Crippen LogP contribution in [0.1, 0.15) is 54.9 Å². The second kappa shape index (κ2) is 12.6. The normalized spacial score (nSPS) is 18.0. The van der Waals surface area contributed by atoms with Gasteiger partial charge in [0.25, 0.3) is 11.8 Å². The number of piperidine rings is 1. The molecule has 230 valence electrons. The van der Waals surface area contributed by atoms with Crippen molar-refractivity contribution in [3.63, 3.8) is 0 Å². The van der Waals surface area contributed by atoms with Crippen LogP contribution in [0.15, 0.2) is 47.4 Å². The van der Waals surface area contributed by atoms with E-state index in [9.17, 15) is 22.8 Å². The molecule has 3 aliphatic rings. The lowest BCUT2D eigenvalue weighted by atomic mass is 9.98. The van der Waals surface area contributed by atoms with E-state index in [1.165, 1.54) is 12.0 Å². The van der Waals surface area contributed by atoms with Crippen molar-refractivity contribution >= 4 is 23.5 Å². The van der Waals surface area contributed by atoms with Crippen LogP contribution in [-0.2, 0) is 11.0 Å². The smallest absolute Gasteiger partial charge is 0.423 e. The number of carbonyl (C=O) groups is 2. The summed E-state index contributed by atoms with van der Waals surface area (Å²) >= 11 is 0. The molecule has 13 heteroatoms. The molecule has 2 amide bonds. The van der Waals surface area contributed by atoms with Gasteiger partial charge in [-0.1, -0.05) is 6.92 Å². The van der Waals surface area contributed by atoms with Crippen LogP contribution >= 0.6 is 0 Å². The van der Waals surface area contributed by atoms with Crippen molar-refractivity contribution in [1.29, 1.82) is 0 Å². The Kier molecular flexibility index (Phi) is 8.90. The number of likely N-dealkylation sites (tertiary alicyclic amines) is 1. The van der Waals surface area contributed by atoms with Crippen LogP contribution in [0.2, 0.25) is 0 Å². The first-order valence-corrected chi connectivity index (χ1v) is 14.4. The fraction of sp³-hybridized carbons (Fsp3) is 0.467. The van der Waals surface area contributed by atoms with Crippen molar-refractivity contribution in [2.45, 2.75) is 51.2 Å². The van der Waals surface area contributed by atoms with Gasteiger partial charge >= 0.3 is 6.18 Å². The van der Waals surface area contributed by atoms with Crippen LogP contribution in [0.3, 0.4) is 0 Å². The van der Waals surface area contributed by atoms with E-state index in [2.05, 4.69) is 32.4 Å². The number of hydrogen-bond acceptors (Lipinski definition) is 8. The number of carbonyl (C=O) groups excluding carboxylic acids is 2. The summed E-state index contributed by atoms with van der Waals surface area (Å²) in [6.45, 7) is 5.48. The Morgan fingerprint density at radius 1 is 1.21 bits per heavy atom. The summed E-state index contributed by atoms with van der Waals surface area (Å²) in [4.78, 5) is 37.4. The number of aromatic nitrogens is 2. The molecule has 0 spiro atoms. The van der Waals surface area contributed by atoms with Crippen LogP contribution in [0.25, 0.3) is 0 Å². The van der Waals surface area contributed by atoms with Crippen LogP contribution < -0.4 is 20.1 Å². The average Bonchev–Trinajstić information content (AvgIpc) is 3.27. The summed E-state index contributed by atoms with van der Waals surface area (Å²) in [5, 5.41) is 5.95. The highest BCUT2D eigenvalue weighted by atomic mass is 19.4. The van der Waals surface area contributed by atoms with Crippen LogP contribution in [0.4, 0.5) is 24.8 Å². The van der Waals surface area contributed by atoms with Gasteiger partial charge in [-0.25, -0.2) is 4.98 Å². The number of halogens is 3. The molecule has 1 aliphatic carbocycles. The van der Waals surface area contributed by atoms with Crippen LogP contribution in [0, 0.1) is 0 Å². The van der Waals surface area contributed by atoms with Crippen molar-refractivity contribution in [2.75, 3.05) is 45.7 Å². The minimum absolute atomic E-state index is 0.0507. The van der Waals surface area contributed by atoms with Gasteiger partial charge in [-0.3, -0.25) is 9.59 Å². The minimum Gasteiger partial charge on any atom is -0.495 e. The Hall–Kier alpha value is -4.13. The first-order chi connectivity index (χ1) is 20.6. The van der Waals surface area contributed by atoms with E-state index in [0.717, 1.165) is 44.5 Å². The third kappa shape index (κ3) is 6.76. The maximum absolute atomic E-state index is 13.9. The second-order valence-corrected chi connectivity index (χ2v) is 10.9. The molecule has 0 atom stereocenters. The molecular weight excluding hydrogens is 565 g/mol. The van der Waals surface area contributed by atoms with Gasteiger partial charge in [0.05, 0.1) is 18.4 Å². The third-order valence-corrected chi connectivity index (χ3v) is 7.80. The topological polar surface area (TPSA) is 109 Å². The zero-order valence-electron chi connectivity index (χ0n) is 24.4. The molecule has 0 bridgehead atoms. The first kappa shape index (κ1) is 30.3. The predicted molar refractivity (Wildman–Crippen MR) is 153 cm³/mol. The maximum Gasteiger partial charge on any atom is 0.423 e. The number of rotatable bonds is 9. The van der Waals surface area contributed by atoms with Gasteiger partial charge < -0.3 is 29.9 Å². The quantitative estimate of drug-likeness (QED) is 0.428. The number of anilines is 2. The van der Waals surface area contributed by atoms with E-state index in [1.54, 1.807) is 31.3 Å². The number of likely N-dealkylation sites (N-methyl/N-ethyl adjacent to an activating group) is 1. The number of nitrogens with zero attached hydrogens (tertiary/aromatic N) is 4. The summed E-state index contributed by atoms with van der Waals surface area (Å²) in [6, 6.07) is 4.80. The summed E-state index contributed by atoms with van der Waals surface area (Å²) in [5.41, 5.74) is 0.645. The van der Waals surface area contributed by atoms with Crippen molar-refractivity contribution < 1.29 is 32.2 Å². The SMILES string of the molecule is CCCN1CCC(NC(=O)c2ccc(Nc3ncc(C(F)(F)F)c(OC4=CCCC5=C4C(=O)N(C)C5)n3)c(OC)c2)CC1. The molecule has 1 aromatic carbocycles. The number of nitrogens with one attached hydrogen (secondary N) is 2. The molecule has 43 heavy (non-hydrogen) atoms. The molecule has 2 aliphatic heterocycles. The molecule has 0 radical (unpaired) electrons. The van der Waals surface area contributed by atoms with Crippen molar-refractivity contribution in [3.05, 3.63) is 58.5 Å². The lowest BCUT2D eigenvalue weighted by molar-refractivity contribution is -0.139. The van der Waals surface area contributed by atoms with Gasteiger partial charge in [-0.15, -0.1) is 0 Å². The van der Waals surface area contributed by atoms with E-state index < -0.39 is 17.6 Å². The highest BCUT2D eigenvalue weighted by Crippen LogP contribution is 2.39. The van der Waals surface area contributed by atoms with Gasteiger partial charge in [0.1, 0.15) is 17.1 Å². The van der Waals surface area contributed by atoms with E-state index in [1.807, 2.05) is 0 Å². The van der Waals surface area contributed by atoms with E-state index in [-0.39, 0.29) is 40.9 Å². The Bertz CT molecular complexity index is 1450. The van der Waals surface area contributed by atoms with Gasteiger partial charge in [-0.05, 0) is 68.5 Å². The lowest BCUT2D eigenvalue weighted by Gasteiger charge is -2.32. The van der Waals surface area contributed by atoms with E-state index >= 15 is 0 Å². The predicted octanol–water partition coefficient (Wildman–Crippen LogP) is 4.68. The van der Waals surface area contributed by atoms with Crippen LogP contribution in [0.5, 0.6) is 11.6 Å². The Morgan fingerprint density at radius 2 is 1.98 bits per heavy atom. The molecule has 1 aromatic heterocycles. The number of ether oxygens (including phenoxy) is 2.